The van der Waals surface area contributed by atoms with Crippen LogP contribution in [0.4, 0.5) is 13.2 Å². The van der Waals surface area contributed by atoms with Crippen molar-refractivity contribution in [2.24, 2.45) is 0 Å². The van der Waals surface area contributed by atoms with Gasteiger partial charge in [-0.15, -0.1) is 0 Å². The molecule has 0 amide bonds. The molecule has 130 valence electrons. The highest BCUT2D eigenvalue weighted by molar-refractivity contribution is 5.92. The molecule has 1 aromatic heterocycles. The molecule has 2 aromatic carbocycles. The summed E-state index contributed by atoms with van der Waals surface area (Å²) in [7, 11) is 0. The monoisotopic (exact) mass is 359 g/mol. The van der Waals surface area contributed by atoms with Crippen molar-refractivity contribution in [2.75, 3.05) is 0 Å². The first-order valence-electron chi connectivity index (χ1n) is 7.15. The van der Waals surface area contributed by atoms with E-state index in [4.69, 9.17) is 14.4 Å². The van der Waals surface area contributed by atoms with Crippen LogP contribution in [0.1, 0.15) is 21.5 Å². The third-order valence-corrected chi connectivity index (χ3v) is 3.48. The zero-order chi connectivity index (χ0) is 18.9. The van der Waals surface area contributed by atoms with E-state index in [-0.39, 0.29) is 22.3 Å². The van der Waals surface area contributed by atoms with Gasteiger partial charge in [0, 0.05) is 17.5 Å². The molecular weight excluding hydrogens is 351 g/mol. The van der Waals surface area contributed by atoms with E-state index in [0.717, 1.165) is 12.1 Å². The van der Waals surface area contributed by atoms with Crippen LogP contribution in [0.3, 0.4) is 0 Å². The van der Waals surface area contributed by atoms with Crippen LogP contribution in [0, 0.1) is 11.3 Å². The predicted molar refractivity (Wildman–Crippen MR) is 83.6 cm³/mol. The van der Waals surface area contributed by atoms with Crippen molar-refractivity contribution < 1.29 is 27.1 Å². The fourth-order valence-electron chi connectivity index (χ4n) is 2.29. The molecule has 0 fully saturated rings. The molecule has 0 unspecified atom stereocenters. The van der Waals surface area contributed by atoms with Crippen LogP contribution in [0.15, 0.2) is 57.7 Å². The number of nitriles is 1. The number of halogens is 3. The van der Waals surface area contributed by atoms with E-state index < -0.39 is 23.3 Å². The Morgan fingerprint density at radius 1 is 1.08 bits per heavy atom. The number of rotatable bonds is 2. The molecule has 3 aromatic rings. The minimum absolute atomic E-state index is 0.0886. The zero-order valence-corrected chi connectivity index (χ0v) is 12.8. The summed E-state index contributed by atoms with van der Waals surface area (Å²) in [6.45, 7) is 0. The van der Waals surface area contributed by atoms with E-state index in [0.29, 0.717) is 11.6 Å². The number of ether oxygens (including phenoxy) is 1. The van der Waals surface area contributed by atoms with Crippen molar-refractivity contribution in [3.8, 4) is 11.8 Å². The molecule has 0 bridgehead atoms. The second-order valence-electron chi connectivity index (χ2n) is 5.21. The first-order chi connectivity index (χ1) is 12.3. The van der Waals surface area contributed by atoms with Gasteiger partial charge >= 0.3 is 17.8 Å². The smallest absolute Gasteiger partial charge is 0.417 e. The van der Waals surface area contributed by atoms with Gasteiger partial charge in [-0.05, 0) is 36.4 Å². The van der Waals surface area contributed by atoms with Gasteiger partial charge < -0.3 is 9.15 Å². The van der Waals surface area contributed by atoms with Gasteiger partial charge in [0.1, 0.15) is 11.3 Å². The summed E-state index contributed by atoms with van der Waals surface area (Å²) in [6.07, 6.45) is -4.73. The lowest BCUT2D eigenvalue weighted by molar-refractivity contribution is -0.136. The van der Waals surface area contributed by atoms with Gasteiger partial charge in [-0.1, -0.05) is 0 Å². The fraction of sp³-hybridized carbons (Fsp3) is 0.0556. The lowest BCUT2D eigenvalue weighted by Gasteiger charge is -2.10. The third kappa shape index (κ3) is 3.42. The minimum atomic E-state index is -4.73. The molecule has 0 N–H and O–H groups in total. The second kappa shape index (κ2) is 6.37. The van der Waals surface area contributed by atoms with Crippen LogP contribution < -0.4 is 10.4 Å². The number of carbonyl (C=O) groups excluding carboxylic acids is 1. The van der Waals surface area contributed by atoms with Gasteiger partial charge in [-0.2, -0.15) is 18.4 Å². The van der Waals surface area contributed by atoms with Crippen molar-refractivity contribution in [1.29, 1.82) is 5.26 Å². The molecule has 1 heterocycles. The Morgan fingerprint density at radius 3 is 2.38 bits per heavy atom. The number of nitrogens with zero attached hydrogens (tertiary/aromatic N) is 1. The van der Waals surface area contributed by atoms with Gasteiger partial charge in [0.25, 0.3) is 0 Å². The Labute approximate surface area is 143 Å². The Morgan fingerprint density at radius 2 is 1.77 bits per heavy atom. The first kappa shape index (κ1) is 17.2. The van der Waals surface area contributed by atoms with Gasteiger partial charge in [0.15, 0.2) is 0 Å². The highest BCUT2D eigenvalue weighted by atomic mass is 19.4. The Kier molecular flexibility index (Phi) is 4.22. The highest BCUT2D eigenvalue weighted by Crippen LogP contribution is 2.34. The normalized spacial score (nSPS) is 11.2. The number of alkyl halides is 3. The predicted octanol–water partition coefficient (Wildman–Crippen LogP) is 3.90. The summed E-state index contributed by atoms with van der Waals surface area (Å²) in [5, 5.41) is 8.40. The molecule has 0 aliphatic carbocycles. The van der Waals surface area contributed by atoms with Crippen molar-refractivity contribution >= 4 is 16.9 Å². The standard InChI is InChI=1S/C18H8F3NO4/c19-18(20,21)14-8-16(23)26-15-7-12(5-6-13(14)15)25-17(24)11-3-1-10(9-22)2-4-11/h1-8H. The Bertz CT molecular complexity index is 1090. The lowest BCUT2D eigenvalue weighted by Crippen LogP contribution is -2.11. The molecule has 0 saturated heterocycles. The quantitative estimate of drug-likeness (QED) is 0.394. The SMILES string of the molecule is N#Cc1ccc(C(=O)Oc2ccc3c(C(F)(F)F)cc(=O)oc3c2)cc1. The van der Waals surface area contributed by atoms with Crippen LogP contribution >= 0.6 is 0 Å². The van der Waals surface area contributed by atoms with Gasteiger partial charge in [0.2, 0.25) is 0 Å². The van der Waals surface area contributed by atoms with Crippen molar-refractivity contribution in [2.45, 2.75) is 6.18 Å². The molecule has 26 heavy (non-hydrogen) atoms. The molecule has 3 rings (SSSR count). The van der Waals surface area contributed by atoms with Gasteiger partial charge in [0.05, 0.1) is 22.8 Å². The summed E-state index contributed by atoms with van der Waals surface area (Å²) in [5.74, 6) is -0.863. The molecule has 0 spiro atoms. The topological polar surface area (TPSA) is 80.3 Å². The second-order valence-corrected chi connectivity index (χ2v) is 5.21. The Balaban J connectivity index is 1.95. The average Bonchev–Trinajstić information content (AvgIpc) is 2.60. The summed E-state index contributed by atoms with van der Waals surface area (Å²) in [6, 6.07) is 11.1. The maximum atomic E-state index is 13.0. The number of carbonyl (C=O) groups is 1. The Hall–Kier alpha value is -3.60. The molecule has 0 atom stereocenters. The summed E-state index contributed by atoms with van der Waals surface area (Å²) >= 11 is 0. The van der Waals surface area contributed by atoms with Gasteiger partial charge in [-0.25, -0.2) is 9.59 Å². The largest absolute Gasteiger partial charge is 0.423 e. The summed E-state index contributed by atoms with van der Waals surface area (Å²) in [4.78, 5) is 23.4. The van der Waals surface area contributed by atoms with Crippen molar-refractivity contribution in [3.05, 3.63) is 75.6 Å². The molecule has 0 radical (unpaired) electrons. The van der Waals surface area contributed by atoms with Crippen LogP contribution in [0.2, 0.25) is 0 Å². The van der Waals surface area contributed by atoms with Crippen LogP contribution in [-0.2, 0) is 6.18 Å². The van der Waals surface area contributed by atoms with Crippen molar-refractivity contribution in [3.63, 3.8) is 0 Å². The highest BCUT2D eigenvalue weighted by Gasteiger charge is 2.33. The molecular formula is C18H8F3NO4. The molecule has 0 aliphatic rings. The lowest BCUT2D eigenvalue weighted by atomic mass is 10.1. The van der Waals surface area contributed by atoms with Crippen LogP contribution in [-0.4, -0.2) is 5.97 Å². The average molecular weight is 359 g/mol. The number of hydrogen-bond donors (Lipinski definition) is 0. The zero-order valence-electron chi connectivity index (χ0n) is 12.8. The van der Waals surface area contributed by atoms with Gasteiger partial charge in [-0.3, -0.25) is 0 Å². The number of benzene rings is 2. The van der Waals surface area contributed by atoms with Crippen molar-refractivity contribution in [1.82, 2.24) is 0 Å². The van der Waals surface area contributed by atoms with E-state index in [1.54, 1.807) is 0 Å². The van der Waals surface area contributed by atoms with Crippen LogP contribution in [0.25, 0.3) is 11.0 Å². The fourth-order valence-corrected chi connectivity index (χ4v) is 2.29. The van der Waals surface area contributed by atoms with E-state index in [2.05, 4.69) is 0 Å². The maximum absolute atomic E-state index is 13.0. The summed E-state index contributed by atoms with van der Waals surface area (Å²) < 4.78 is 48.9. The number of hydrogen-bond acceptors (Lipinski definition) is 5. The third-order valence-electron chi connectivity index (χ3n) is 3.48. The van der Waals surface area contributed by atoms with E-state index >= 15 is 0 Å². The maximum Gasteiger partial charge on any atom is 0.417 e. The van der Waals surface area contributed by atoms with E-state index in [1.807, 2.05) is 6.07 Å². The molecule has 0 saturated carbocycles. The van der Waals surface area contributed by atoms with E-state index in [9.17, 15) is 22.8 Å². The van der Waals surface area contributed by atoms with Crippen LogP contribution in [0.5, 0.6) is 5.75 Å². The van der Waals surface area contributed by atoms with E-state index in [1.165, 1.54) is 30.3 Å². The number of fused-ring (bicyclic) bond motifs is 1. The molecule has 0 aliphatic heterocycles. The summed E-state index contributed by atoms with van der Waals surface area (Å²) in [5.41, 5.74) is -2.15. The molecule has 5 nitrogen and oxygen atoms in total. The minimum Gasteiger partial charge on any atom is -0.423 e. The number of esters is 1. The molecule has 8 heteroatoms. The first-order valence-corrected chi connectivity index (χ1v) is 7.15.